The van der Waals surface area contributed by atoms with Crippen molar-refractivity contribution in [3.63, 3.8) is 0 Å². The SMILES string of the molecule is Cc1ccc(NC(=O)Nc2ccc(F)c(F)c2)cc1S(=O)(=O)Cc1ccc(Cl)cc1. The molecule has 0 aliphatic rings. The smallest absolute Gasteiger partial charge is 0.308 e. The normalized spacial score (nSPS) is 11.2. The van der Waals surface area contributed by atoms with Gasteiger partial charge in [0.25, 0.3) is 0 Å². The molecule has 0 heterocycles. The van der Waals surface area contributed by atoms with Crippen molar-refractivity contribution < 1.29 is 22.0 Å². The Morgan fingerprint density at radius 2 is 1.50 bits per heavy atom. The highest BCUT2D eigenvalue weighted by atomic mass is 35.5. The minimum absolute atomic E-state index is 0.0501. The molecule has 0 spiro atoms. The Balaban J connectivity index is 1.77. The number of sulfone groups is 1. The summed E-state index contributed by atoms with van der Waals surface area (Å²) in [5, 5.41) is 5.35. The summed E-state index contributed by atoms with van der Waals surface area (Å²) in [6.45, 7) is 1.65. The van der Waals surface area contributed by atoms with Crippen molar-refractivity contribution in [1.29, 1.82) is 0 Å². The van der Waals surface area contributed by atoms with Gasteiger partial charge in [-0.2, -0.15) is 0 Å². The first-order chi connectivity index (χ1) is 14.1. The lowest BCUT2D eigenvalue weighted by Gasteiger charge is -2.12. The number of carbonyl (C=O) groups excluding carboxylic acids is 1. The summed E-state index contributed by atoms with van der Waals surface area (Å²) in [6, 6.07) is 13.2. The third-order valence-electron chi connectivity index (χ3n) is 4.23. The Bertz CT molecular complexity index is 1200. The second-order valence-electron chi connectivity index (χ2n) is 6.57. The van der Waals surface area contributed by atoms with E-state index in [9.17, 15) is 22.0 Å². The molecular formula is C21H17ClF2N2O3S. The highest BCUT2D eigenvalue weighted by molar-refractivity contribution is 7.90. The number of hydrogen-bond acceptors (Lipinski definition) is 3. The fourth-order valence-electron chi connectivity index (χ4n) is 2.76. The summed E-state index contributed by atoms with van der Waals surface area (Å²) in [7, 11) is -3.69. The van der Waals surface area contributed by atoms with Gasteiger partial charge in [0.1, 0.15) is 0 Å². The molecule has 2 amide bonds. The Hall–Kier alpha value is -2.97. The Morgan fingerprint density at radius 3 is 2.13 bits per heavy atom. The number of benzene rings is 3. The van der Waals surface area contributed by atoms with E-state index in [1.165, 1.54) is 12.1 Å². The van der Waals surface area contributed by atoms with Crippen LogP contribution in [0.2, 0.25) is 5.02 Å². The zero-order chi connectivity index (χ0) is 21.9. The fourth-order valence-corrected chi connectivity index (χ4v) is 4.54. The molecule has 2 N–H and O–H groups in total. The largest absolute Gasteiger partial charge is 0.323 e. The molecule has 9 heteroatoms. The van der Waals surface area contributed by atoms with Crippen LogP contribution in [-0.2, 0) is 15.6 Å². The monoisotopic (exact) mass is 450 g/mol. The van der Waals surface area contributed by atoms with Gasteiger partial charge in [-0.05, 0) is 54.4 Å². The standard InChI is InChI=1S/C21H17ClF2N2O3S/c1-13-2-7-17(26-21(27)25-16-8-9-18(23)19(24)10-16)11-20(13)30(28,29)12-14-3-5-15(22)6-4-14/h2-11H,12H2,1H3,(H2,25,26,27). The summed E-state index contributed by atoms with van der Waals surface area (Å²) in [5.74, 6) is -2.36. The molecule has 3 aromatic carbocycles. The maximum Gasteiger partial charge on any atom is 0.323 e. The van der Waals surface area contributed by atoms with E-state index in [0.29, 0.717) is 16.1 Å². The van der Waals surface area contributed by atoms with Crippen LogP contribution < -0.4 is 10.6 Å². The van der Waals surface area contributed by atoms with E-state index in [-0.39, 0.29) is 22.0 Å². The zero-order valence-corrected chi connectivity index (χ0v) is 17.3. The first-order valence-corrected chi connectivity index (χ1v) is 10.8. The predicted octanol–water partition coefficient (Wildman–Crippen LogP) is 5.54. The summed E-state index contributed by atoms with van der Waals surface area (Å²) in [5.41, 5.74) is 1.38. The number of halogens is 3. The average Bonchev–Trinajstić information content (AvgIpc) is 2.68. The Kier molecular flexibility index (Phi) is 6.38. The number of aryl methyl sites for hydroxylation is 1. The lowest BCUT2D eigenvalue weighted by molar-refractivity contribution is 0.262. The van der Waals surface area contributed by atoms with Crippen molar-refractivity contribution in [3.8, 4) is 0 Å². The first kappa shape index (κ1) is 21.7. The van der Waals surface area contributed by atoms with Crippen LogP contribution in [0.4, 0.5) is 25.0 Å². The Labute approximate surface area is 177 Å². The summed E-state index contributed by atoms with van der Waals surface area (Å²) in [6.07, 6.45) is 0. The zero-order valence-electron chi connectivity index (χ0n) is 15.7. The molecule has 0 fully saturated rings. The molecule has 0 atom stereocenters. The fraction of sp³-hybridized carbons (Fsp3) is 0.0952. The van der Waals surface area contributed by atoms with Crippen molar-refractivity contribution in [2.75, 3.05) is 10.6 Å². The third-order valence-corrected chi connectivity index (χ3v) is 6.30. The topological polar surface area (TPSA) is 75.3 Å². The van der Waals surface area contributed by atoms with Crippen LogP contribution in [0, 0.1) is 18.6 Å². The van der Waals surface area contributed by atoms with Gasteiger partial charge >= 0.3 is 6.03 Å². The molecule has 0 unspecified atom stereocenters. The van der Waals surface area contributed by atoms with Crippen LogP contribution in [-0.4, -0.2) is 14.4 Å². The minimum atomic E-state index is -3.69. The van der Waals surface area contributed by atoms with Crippen LogP contribution >= 0.6 is 11.6 Å². The van der Waals surface area contributed by atoms with Gasteiger partial charge in [-0.3, -0.25) is 0 Å². The average molecular weight is 451 g/mol. The van der Waals surface area contributed by atoms with Crippen LogP contribution in [0.25, 0.3) is 0 Å². The second-order valence-corrected chi connectivity index (χ2v) is 8.97. The van der Waals surface area contributed by atoms with Gasteiger partial charge in [0, 0.05) is 22.5 Å². The number of amides is 2. The number of nitrogens with one attached hydrogen (secondary N) is 2. The van der Waals surface area contributed by atoms with E-state index in [4.69, 9.17) is 11.6 Å². The molecule has 0 aliphatic carbocycles. The first-order valence-electron chi connectivity index (χ1n) is 8.75. The van der Waals surface area contributed by atoms with Crippen molar-refractivity contribution >= 4 is 38.8 Å². The molecule has 0 bridgehead atoms. The van der Waals surface area contributed by atoms with Gasteiger partial charge in [-0.25, -0.2) is 22.0 Å². The molecule has 3 rings (SSSR count). The highest BCUT2D eigenvalue weighted by Gasteiger charge is 2.19. The molecule has 3 aromatic rings. The number of hydrogen-bond donors (Lipinski definition) is 2. The lowest BCUT2D eigenvalue weighted by atomic mass is 10.2. The summed E-state index contributed by atoms with van der Waals surface area (Å²) >= 11 is 5.83. The van der Waals surface area contributed by atoms with Gasteiger partial charge < -0.3 is 10.6 Å². The van der Waals surface area contributed by atoms with E-state index in [1.54, 1.807) is 43.3 Å². The molecule has 0 saturated heterocycles. The van der Waals surface area contributed by atoms with Crippen LogP contribution in [0.3, 0.4) is 0 Å². The van der Waals surface area contributed by atoms with Crippen molar-refractivity contribution in [2.24, 2.45) is 0 Å². The van der Waals surface area contributed by atoms with E-state index in [0.717, 1.165) is 12.1 Å². The van der Waals surface area contributed by atoms with Gasteiger partial charge in [-0.15, -0.1) is 0 Å². The van der Waals surface area contributed by atoms with E-state index >= 15 is 0 Å². The quantitative estimate of drug-likeness (QED) is 0.535. The highest BCUT2D eigenvalue weighted by Crippen LogP contribution is 2.25. The van der Waals surface area contributed by atoms with Gasteiger partial charge in [0.2, 0.25) is 0 Å². The number of rotatable bonds is 5. The van der Waals surface area contributed by atoms with Crippen molar-refractivity contribution in [3.05, 3.63) is 88.4 Å². The summed E-state index contributed by atoms with van der Waals surface area (Å²) < 4.78 is 52.0. The van der Waals surface area contributed by atoms with E-state index in [1.807, 2.05) is 0 Å². The number of anilines is 2. The lowest BCUT2D eigenvalue weighted by Crippen LogP contribution is -2.20. The molecule has 5 nitrogen and oxygen atoms in total. The molecule has 0 aromatic heterocycles. The molecular weight excluding hydrogens is 434 g/mol. The van der Waals surface area contributed by atoms with Gasteiger partial charge in [0.05, 0.1) is 10.6 Å². The van der Waals surface area contributed by atoms with E-state index < -0.39 is 27.5 Å². The number of carbonyl (C=O) groups is 1. The second kappa shape index (κ2) is 8.81. The molecule has 0 saturated carbocycles. The molecule has 30 heavy (non-hydrogen) atoms. The third kappa shape index (κ3) is 5.34. The van der Waals surface area contributed by atoms with Crippen LogP contribution in [0.5, 0.6) is 0 Å². The Morgan fingerprint density at radius 1 is 0.900 bits per heavy atom. The van der Waals surface area contributed by atoms with Crippen molar-refractivity contribution in [2.45, 2.75) is 17.6 Å². The maximum atomic E-state index is 13.3. The van der Waals surface area contributed by atoms with Gasteiger partial charge in [0.15, 0.2) is 21.5 Å². The van der Waals surface area contributed by atoms with Crippen LogP contribution in [0.1, 0.15) is 11.1 Å². The molecule has 156 valence electrons. The molecule has 0 aliphatic heterocycles. The molecule has 0 radical (unpaired) electrons. The van der Waals surface area contributed by atoms with E-state index in [2.05, 4.69) is 10.6 Å². The maximum absolute atomic E-state index is 13.3. The van der Waals surface area contributed by atoms with Gasteiger partial charge in [-0.1, -0.05) is 29.8 Å². The predicted molar refractivity (Wildman–Crippen MR) is 113 cm³/mol. The van der Waals surface area contributed by atoms with Crippen LogP contribution in [0.15, 0.2) is 65.6 Å². The number of urea groups is 1. The summed E-state index contributed by atoms with van der Waals surface area (Å²) in [4.78, 5) is 12.2. The van der Waals surface area contributed by atoms with Crippen molar-refractivity contribution in [1.82, 2.24) is 0 Å². The minimum Gasteiger partial charge on any atom is -0.308 e.